The van der Waals surface area contributed by atoms with Crippen molar-refractivity contribution >= 4 is 8.60 Å². The lowest BCUT2D eigenvalue weighted by Crippen LogP contribution is -2.43. The maximum atomic E-state index is 13.9. The molecule has 1 aromatic carbocycles. The van der Waals surface area contributed by atoms with Gasteiger partial charge in [-0.1, -0.05) is 18.2 Å². The number of aliphatic hydroxyl groups excluding tert-OH is 1. The molecular formula is C17H16F3N2O7P. The van der Waals surface area contributed by atoms with Crippen LogP contribution in [-0.4, -0.2) is 39.4 Å². The van der Waals surface area contributed by atoms with Crippen LogP contribution >= 0.6 is 8.60 Å². The predicted molar refractivity (Wildman–Crippen MR) is 95.5 cm³/mol. The normalized spacial score (nSPS) is 28.4. The van der Waals surface area contributed by atoms with Gasteiger partial charge in [0.05, 0.1) is 19.4 Å². The zero-order valence-electron chi connectivity index (χ0n) is 15.2. The summed E-state index contributed by atoms with van der Waals surface area (Å²) in [7, 11) is -2.00. The van der Waals surface area contributed by atoms with Gasteiger partial charge in [0.15, 0.2) is 11.8 Å². The van der Waals surface area contributed by atoms with Crippen molar-refractivity contribution in [2.75, 3.05) is 6.61 Å². The van der Waals surface area contributed by atoms with E-state index in [1.165, 1.54) is 0 Å². The third-order valence-electron chi connectivity index (χ3n) is 4.72. The number of H-pyrrole nitrogens is 1. The number of rotatable bonds is 5. The van der Waals surface area contributed by atoms with Crippen LogP contribution in [0.2, 0.25) is 0 Å². The highest BCUT2D eigenvalue weighted by molar-refractivity contribution is 7.42. The predicted octanol–water partition coefficient (Wildman–Crippen LogP) is 1.81. The third kappa shape index (κ3) is 3.88. The molecule has 4 rings (SSSR count). The van der Waals surface area contributed by atoms with Gasteiger partial charge in [0.1, 0.15) is 11.9 Å². The molecule has 0 spiro atoms. The van der Waals surface area contributed by atoms with Crippen molar-refractivity contribution < 1.29 is 36.6 Å². The Morgan fingerprint density at radius 1 is 1.37 bits per heavy atom. The highest BCUT2D eigenvalue weighted by Crippen LogP contribution is 2.49. The molecule has 2 aromatic rings. The molecule has 9 nitrogen and oxygen atoms in total. The van der Waals surface area contributed by atoms with E-state index in [0.29, 0.717) is 16.5 Å². The molecule has 0 bridgehead atoms. The van der Waals surface area contributed by atoms with Gasteiger partial charge in [-0.2, -0.15) is 4.39 Å². The second kappa shape index (κ2) is 8.12. The summed E-state index contributed by atoms with van der Waals surface area (Å²) in [6.45, 7) is -0.547. The zero-order chi connectivity index (χ0) is 21.5. The molecule has 2 aliphatic rings. The van der Waals surface area contributed by atoms with Gasteiger partial charge in [-0.25, -0.2) is 13.6 Å². The van der Waals surface area contributed by atoms with Gasteiger partial charge in [0.25, 0.3) is 12.0 Å². The first-order valence-corrected chi connectivity index (χ1v) is 9.85. The van der Waals surface area contributed by atoms with Crippen LogP contribution in [0.5, 0.6) is 5.75 Å². The Labute approximate surface area is 168 Å². The number of aromatic nitrogens is 2. The van der Waals surface area contributed by atoms with Crippen molar-refractivity contribution in [2.45, 2.75) is 37.4 Å². The molecule has 2 aliphatic heterocycles. The summed E-state index contributed by atoms with van der Waals surface area (Å²) in [5.74, 6) is -0.830. The second-order valence-electron chi connectivity index (χ2n) is 6.76. The lowest BCUT2D eigenvalue weighted by atomic mass is 10.0. The van der Waals surface area contributed by atoms with Crippen LogP contribution in [-0.2, 0) is 20.4 Å². The first-order chi connectivity index (χ1) is 14.3. The van der Waals surface area contributed by atoms with E-state index in [9.17, 15) is 27.9 Å². The SMILES string of the molecule is O=c1[nH]c(=O)n(C2OC(COP3OCc4ccccc4O3)(C(F)F)CC2O)cc1F. The largest absolute Gasteiger partial charge is 0.426 e. The Morgan fingerprint density at radius 3 is 2.90 bits per heavy atom. The maximum absolute atomic E-state index is 13.9. The zero-order valence-corrected chi connectivity index (χ0v) is 16.1. The van der Waals surface area contributed by atoms with Crippen LogP contribution in [0.25, 0.3) is 0 Å². The number of aliphatic hydroxyl groups is 1. The Hall–Kier alpha value is -2.24. The van der Waals surface area contributed by atoms with Gasteiger partial charge in [0, 0.05) is 12.0 Å². The van der Waals surface area contributed by atoms with E-state index in [1.807, 2.05) is 0 Å². The average molecular weight is 448 g/mol. The van der Waals surface area contributed by atoms with Gasteiger partial charge in [-0.15, -0.1) is 0 Å². The van der Waals surface area contributed by atoms with Gasteiger partial charge < -0.3 is 14.4 Å². The maximum Gasteiger partial charge on any atom is 0.397 e. The van der Waals surface area contributed by atoms with E-state index >= 15 is 0 Å². The first kappa shape index (κ1) is 21.0. The molecule has 1 saturated heterocycles. The number of nitrogens with zero attached hydrogens (tertiary/aromatic N) is 1. The van der Waals surface area contributed by atoms with Crippen molar-refractivity contribution in [3.05, 3.63) is 62.7 Å². The number of aromatic amines is 1. The fourth-order valence-corrected chi connectivity index (χ4v) is 4.26. The second-order valence-corrected chi connectivity index (χ2v) is 7.90. The molecule has 2 N–H and O–H groups in total. The number of nitrogens with one attached hydrogen (secondary N) is 1. The number of ether oxygens (including phenoxy) is 1. The van der Waals surface area contributed by atoms with Crippen LogP contribution in [0.15, 0.2) is 40.1 Å². The summed E-state index contributed by atoms with van der Waals surface area (Å²) in [4.78, 5) is 24.8. The fraction of sp³-hybridized carbons (Fsp3) is 0.412. The molecule has 1 fully saturated rings. The molecule has 0 amide bonds. The summed E-state index contributed by atoms with van der Waals surface area (Å²) in [5.41, 5.74) is -3.92. The van der Waals surface area contributed by atoms with Gasteiger partial charge in [0.2, 0.25) is 5.82 Å². The standard InChI is InChI=1S/C17H16F3N2O7P/c18-10-6-22(16(25)21-13(10)24)14-11(23)5-17(28-14,15(19)20)8-27-30-26-7-9-3-1-2-4-12(9)29-30/h1-4,6,11,14-15,23H,5,7-8H2,(H,21,24,25). The van der Waals surface area contributed by atoms with Crippen molar-refractivity contribution in [2.24, 2.45) is 0 Å². The van der Waals surface area contributed by atoms with Crippen molar-refractivity contribution in [1.82, 2.24) is 9.55 Å². The molecule has 0 saturated carbocycles. The first-order valence-electron chi connectivity index (χ1n) is 8.76. The molecule has 1 aromatic heterocycles. The van der Waals surface area contributed by atoms with E-state index < -0.39 is 63.1 Å². The molecule has 4 unspecified atom stereocenters. The highest BCUT2D eigenvalue weighted by atomic mass is 31.2. The summed E-state index contributed by atoms with van der Waals surface area (Å²) >= 11 is 0. The minimum atomic E-state index is -3.12. The Bertz CT molecular complexity index is 1050. The molecule has 3 heterocycles. The number of alkyl halides is 2. The summed E-state index contributed by atoms with van der Waals surface area (Å²) in [6, 6.07) is 6.99. The topological polar surface area (TPSA) is 112 Å². The monoisotopic (exact) mass is 448 g/mol. The highest BCUT2D eigenvalue weighted by Gasteiger charge is 2.54. The van der Waals surface area contributed by atoms with Crippen LogP contribution in [0.3, 0.4) is 0 Å². The van der Waals surface area contributed by atoms with E-state index in [0.717, 1.165) is 5.56 Å². The smallest absolute Gasteiger partial charge is 0.397 e. The number of para-hydroxylation sites is 1. The van der Waals surface area contributed by atoms with Crippen molar-refractivity contribution in [1.29, 1.82) is 0 Å². The van der Waals surface area contributed by atoms with E-state index in [1.54, 1.807) is 29.2 Å². The third-order valence-corrected chi connectivity index (χ3v) is 5.75. The number of hydrogen-bond acceptors (Lipinski definition) is 7. The Kier molecular flexibility index (Phi) is 5.69. The molecule has 162 valence electrons. The summed E-state index contributed by atoms with van der Waals surface area (Å²) in [5, 5.41) is 10.2. The molecule has 0 aliphatic carbocycles. The quantitative estimate of drug-likeness (QED) is 0.671. The van der Waals surface area contributed by atoms with Gasteiger partial charge in [-0.3, -0.25) is 23.4 Å². The molecule has 13 heteroatoms. The average Bonchev–Trinajstić information content (AvgIpc) is 3.06. The van der Waals surface area contributed by atoms with E-state index in [4.69, 9.17) is 18.3 Å². The summed E-state index contributed by atoms with van der Waals surface area (Å²) < 4.78 is 63.4. The molecule has 4 atom stereocenters. The molecule has 0 radical (unpaired) electrons. The number of halogens is 3. The molecule has 30 heavy (non-hydrogen) atoms. The lowest BCUT2D eigenvalue weighted by Gasteiger charge is -2.30. The van der Waals surface area contributed by atoms with Gasteiger partial charge in [-0.05, 0) is 6.07 Å². The van der Waals surface area contributed by atoms with Crippen LogP contribution in [0.4, 0.5) is 13.2 Å². The van der Waals surface area contributed by atoms with Crippen molar-refractivity contribution in [3.63, 3.8) is 0 Å². The van der Waals surface area contributed by atoms with Crippen LogP contribution in [0.1, 0.15) is 18.2 Å². The van der Waals surface area contributed by atoms with Crippen LogP contribution < -0.4 is 15.8 Å². The minimum Gasteiger partial charge on any atom is -0.426 e. The minimum absolute atomic E-state index is 0.168. The fourth-order valence-electron chi connectivity index (χ4n) is 3.18. The van der Waals surface area contributed by atoms with Gasteiger partial charge >= 0.3 is 14.3 Å². The van der Waals surface area contributed by atoms with E-state index in [-0.39, 0.29) is 6.61 Å². The lowest BCUT2D eigenvalue weighted by molar-refractivity contribution is -0.170. The van der Waals surface area contributed by atoms with E-state index in [2.05, 4.69) is 0 Å². The number of fused-ring (bicyclic) bond motifs is 1. The number of benzene rings is 1. The van der Waals surface area contributed by atoms with Crippen LogP contribution in [0, 0.1) is 5.82 Å². The molecular weight excluding hydrogens is 432 g/mol. The Morgan fingerprint density at radius 2 is 2.13 bits per heavy atom. The number of hydrogen-bond donors (Lipinski definition) is 2. The Balaban J connectivity index is 1.51. The van der Waals surface area contributed by atoms with Crippen molar-refractivity contribution in [3.8, 4) is 5.75 Å². The summed E-state index contributed by atoms with van der Waals surface area (Å²) in [6.07, 6.45) is -6.48.